The number of carboxylic acids is 1. The normalized spacial score (nSPS) is 25.2. The maximum atomic E-state index is 12.0. The second-order valence-electron chi connectivity index (χ2n) is 5.71. The fourth-order valence-corrected chi connectivity index (χ4v) is 3.69. The molecule has 1 amide bonds. The molecule has 2 N–H and O–H groups in total. The first-order valence-electron chi connectivity index (χ1n) is 6.01. The van der Waals surface area contributed by atoms with Gasteiger partial charge in [0.2, 0.25) is 0 Å². The predicted molar refractivity (Wildman–Crippen MR) is 69.0 cm³/mol. The molecule has 1 rings (SSSR count). The summed E-state index contributed by atoms with van der Waals surface area (Å²) in [7, 11) is -3.50. The van der Waals surface area contributed by atoms with Crippen molar-refractivity contribution in [3.63, 3.8) is 0 Å². The van der Waals surface area contributed by atoms with Crippen LogP contribution in [0.2, 0.25) is 0 Å². The van der Waals surface area contributed by atoms with Crippen LogP contribution in [0, 0.1) is 0 Å². The topological polar surface area (TPSA) is 121 Å². The Morgan fingerprint density at radius 2 is 1.85 bits per heavy atom. The van der Waals surface area contributed by atoms with Crippen LogP contribution in [0.3, 0.4) is 0 Å². The third kappa shape index (κ3) is 4.64. The highest BCUT2D eigenvalue weighted by Crippen LogP contribution is 2.21. The Labute approximate surface area is 117 Å². The van der Waals surface area contributed by atoms with Gasteiger partial charge in [-0.1, -0.05) is 0 Å². The first-order chi connectivity index (χ1) is 8.91. The first kappa shape index (κ1) is 16.7. The minimum Gasteiger partial charge on any atom is -0.480 e. The number of sulfone groups is 1. The van der Waals surface area contributed by atoms with E-state index in [-0.39, 0.29) is 0 Å². The van der Waals surface area contributed by atoms with Crippen molar-refractivity contribution in [2.75, 3.05) is 18.1 Å². The van der Waals surface area contributed by atoms with Gasteiger partial charge in [-0.3, -0.25) is 9.69 Å². The van der Waals surface area contributed by atoms with Gasteiger partial charge in [0.1, 0.15) is 12.1 Å². The molecule has 0 aromatic rings. The van der Waals surface area contributed by atoms with Crippen molar-refractivity contribution in [3.8, 4) is 0 Å². The second-order valence-corrected chi connectivity index (χ2v) is 7.87. The molecule has 1 fully saturated rings. The molecule has 9 heteroatoms. The molecule has 0 bridgehead atoms. The number of amides is 1. The van der Waals surface area contributed by atoms with Crippen molar-refractivity contribution < 1.29 is 33.0 Å². The third-order valence-electron chi connectivity index (χ3n) is 2.63. The second kappa shape index (κ2) is 5.57. The van der Waals surface area contributed by atoms with Gasteiger partial charge in [-0.25, -0.2) is 13.2 Å². The van der Waals surface area contributed by atoms with Crippen LogP contribution in [0.4, 0.5) is 4.79 Å². The van der Waals surface area contributed by atoms with Crippen molar-refractivity contribution in [2.45, 2.75) is 38.5 Å². The number of carboxylic acid groups (broad SMARTS) is 1. The first-order valence-corrected chi connectivity index (χ1v) is 7.83. The molecule has 2 atom stereocenters. The Morgan fingerprint density at radius 1 is 1.30 bits per heavy atom. The Morgan fingerprint density at radius 3 is 2.20 bits per heavy atom. The summed E-state index contributed by atoms with van der Waals surface area (Å²) in [5.74, 6) is -2.27. The molecule has 0 aliphatic carbocycles. The molecule has 20 heavy (non-hydrogen) atoms. The lowest BCUT2D eigenvalue weighted by Crippen LogP contribution is -2.50. The van der Waals surface area contributed by atoms with Crippen molar-refractivity contribution >= 4 is 21.9 Å². The van der Waals surface area contributed by atoms with Crippen LogP contribution < -0.4 is 0 Å². The summed E-state index contributed by atoms with van der Waals surface area (Å²) in [5, 5.41) is 18.6. The Hall–Kier alpha value is -1.35. The van der Waals surface area contributed by atoms with Crippen LogP contribution in [0.5, 0.6) is 0 Å². The molecule has 1 heterocycles. The fourth-order valence-electron chi connectivity index (χ4n) is 1.89. The molecule has 8 nitrogen and oxygen atoms in total. The van der Waals surface area contributed by atoms with Crippen molar-refractivity contribution in [1.29, 1.82) is 0 Å². The lowest BCUT2D eigenvalue weighted by Gasteiger charge is -2.31. The Kier molecular flexibility index (Phi) is 4.65. The molecule has 0 saturated carbocycles. The number of aliphatic carboxylic acids is 1. The average Bonchev–Trinajstić information content (AvgIpc) is 2.45. The van der Waals surface area contributed by atoms with Gasteiger partial charge in [-0.15, -0.1) is 0 Å². The molecule has 1 saturated heterocycles. The number of ether oxygens (including phenoxy) is 1. The Balaban J connectivity index is 2.95. The zero-order chi connectivity index (χ0) is 15.7. The summed E-state index contributed by atoms with van der Waals surface area (Å²) in [6, 6.07) is -1.11. The minimum absolute atomic E-state index is 0.472. The number of carbonyl (C=O) groups excluding carboxylic acids is 1. The summed E-state index contributed by atoms with van der Waals surface area (Å²) in [6.45, 7) is 4.08. The number of nitrogens with zero attached hydrogens (tertiary/aromatic N) is 1. The van der Waals surface area contributed by atoms with Crippen molar-refractivity contribution in [3.05, 3.63) is 0 Å². The monoisotopic (exact) mass is 309 g/mol. The standard InChI is InChI=1S/C11H19NO7S/c1-11(2,3)19-10(16)12(4-9(14)15)7-5-20(17,18)6-8(7)13/h7-8,13H,4-6H2,1-3H3,(H,14,15)/t7-,8-/m1/s1. The van der Waals surface area contributed by atoms with Crippen LogP contribution in [-0.2, 0) is 19.4 Å². The van der Waals surface area contributed by atoms with E-state index >= 15 is 0 Å². The summed E-state index contributed by atoms with van der Waals surface area (Å²) >= 11 is 0. The lowest BCUT2D eigenvalue weighted by atomic mass is 10.2. The van der Waals surface area contributed by atoms with Crippen molar-refractivity contribution in [1.82, 2.24) is 4.90 Å². The van der Waals surface area contributed by atoms with Crippen LogP contribution in [0.1, 0.15) is 20.8 Å². The minimum atomic E-state index is -3.50. The molecular weight excluding hydrogens is 290 g/mol. The van der Waals surface area contributed by atoms with E-state index in [0.717, 1.165) is 4.90 Å². The van der Waals surface area contributed by atoms with E-state index in [4.69, 9.17) is 9.84 Å². The number of carbonyl (C=O) groups is 2. The molecule has 1 aliphatic rings. The van der Waals surface area contributed by atoms with Gasteiger partial charge in [0, 0.05) is 0 Å². The highest BCUT2D eigenvalue weighted by atomic mass is 32.2. The third-order valence-corrected chi connectivity index (χ3v) is 4.33. The predicted octanol–water partition coefficient (Wildman–Crippen LogP) is -0.534. The van der Waals surface area contributed by atoms with E-state index < -0.39 is 57.7 Å². The van der Waals surface area contributed by atoms with Crippen LogP contribution in [0.15, 0.2) is 0 Å². The van der Waals surface area contributed by atoms with Crippen LogP contribution >= 0.6 is 0 Å². The molecule has 1 aliphatic heterocycles. The van der Waals surface area contributed by atoms with E-state index in [9.17, 15) is 23.1 Å². The van der Waals surface area contributed by atoms with Gasteiger partial charge in [-0.05, 0) is 20.8 Å². The van der Waals surface area contributed by atoms with Crippen molar-refractivity contribution in [2.24, 2.45) is 0 Å². The summed E-state index contributed by atoms with van der Waals surface area (Å²) in [4.78, 5) is 23.5. The van der Waals surface area contributed by atoms with Gasteiger partial charge < -0.3 is 14.9 Å². The van der Waals surface area contributed by atoms with E-state index in [1.165, 1.54) is 0 Å². The van der Waals surface area contributed by atoms with Gasteiger partial charge in [-0.2, -0.15) is 0 Å². The van der Waals surface area contributed by atoms with Gasteiger partial charge in [0.15, 0.2) is 9.84 Å². The maximum absolute atomic E-state index is 12.0. The molecular formula is C11H19NO7S. The summed E-state index contributed by atoms with van der Waals surface area (Å²) in [6.07, 6.45) is -2.27. The molecule has 0 aromatic carbocycles. The zero-order valence-electron chi connectivity index (χ0n) is 11.6. The number of aliphatic hydroxyl groups is 1. The maximum Gasteiger partial charge on any atom is 0.411 e. The quantitative estimate of drug-likeness (QED) is 0.718. The van der Waals surface area contributed by atoms with E-state index in [2.05, 4.69) is 0 Å². The largest absolute Gasteiger partial charge is 0.480 e. The van der Waals surface area contributed by atoms with Crippen LogP contribution in [-0.4, -0.2) is 71.4 Å². The van der Waals surface area contributed by atoms with Crippen LogP contribution in [0.25, 0.3) is 0 Å². The molecule has 0 unspecified atom stereocenters. The van der Waals surface area contributed by atoms with Gasteiger partial charge in [0.25, 0.3) is 0 Å². The number of hydrogen-bond donors (Lipinski definition) is 2. The number of rotatable bonds is 3. The zero-order valence-corrected chi connectivity index (χ0v) is 12.4. The van der Waals surface area contributed by atoms with Gasteiger partial charge >= 0.3 is 12.1 Å². The Bertz CT molecular complexity index is 493. The lowest BCUT2D eigenvalue weighted by molar-refractivity contribution is -0.139. The fraction of sp³-hybridized carbons (Fsp3) is 0.818. The van der Waals surface area contributed by atoms with Gasteiger partial charge in [0.05, 0.1) is 23.7 Å². The summed E-state index contributed by atoms with van der Waals surface area (Å²) < 4.78 is 28.0. The van der Waals surface area contributed by atoms with E-state index in [0.29, 0.717) is 0 Å². The van der Waals surface area contributed by atoms with E-state index in [1.807, 2.05) is 0 Å². The number of aliphatic hydroxyl groups excluding tert-OH is 1. The SMILES string of the molecule is CC(C)(C)OC(=O)N(CC(=O)O)[C@@H]1CS(=O)(=O)C[C@H]1O. The highest BCUT2D eigenvalue weighted by molar-refractivity contribution is 7.91. The molecule has 116 valence electrons. The number of hydrogen-bond acceptors (Lipinski definition) is 6. The molecule has 0 spiro atoms. The highest BCUT2D eigenvalue weighted by Gasteiger charge is 2.43. The smallest absolute Gasteiger partial charge is 0.411 e. The van der Waals surface area contributed by atoms with E-state index in [1.54, 1.807) is 20.8 Å². The molecule has 0 aromatic heterocycles. The molecule has 0 radical (unpaired) electrons. The average molecular weight is 309 g/mol. The summed E-state index contributed by atoms with van der Waals surface area (Å²) in [5.41, 5.74) is -0.851.